The van der Waals surface area contributed by atoms with E-state index < -0.39 is 17.8 Å². The molecule has 0 saturated carbocycles. The number of hydrogen-bond donors (Lipinski definition) is 0. The molecule has 0 unspecified atom stereocenters. The van der Waals surface area contributed by atoms with Crippen LogP contribution in [0.5, 0.6) is 0 Å². The predicted octanol–water partition coefficient (Wildman–Crippen LogP) is 3.22. The van der Waals surface area contributed by atoms with Crippen molar-refractivity contribution in [2.75, 3.05) is 21.3 Å². The molecule has 0 saturated heterocycles. The van der Waals surface area contributed by atoms with E-state index in [1.807, 2.05) is 6.07 Å². The summed E-state index contributed by atoms with van der Waals surface area (Å²) >= 11 is -3.08. The molecule has 0 fully saturated rings. The fourth-order valence-electron chi connectivity index (χ4n) is 2.00. The Kier molecular flexibility index (Phi) is 5.35. The van der Waals surface area contributed by atoms with Crippen LogP contribution in [0.25, 0.3) is 0 Å². The van der Waals surface area contributed by atoms with Crippen LogP contribution in [-0.4, -0.2) is 21.3 Å². The van der Waals surface area contributed by atoms with Crippen molar-refractivity contribution in [3.8, 4) is 0 Å². The first-order valence-electron chi connectivity index (χ1n) is 5.70. The Bertz CT molecular complexity index is 326. The fourth-order valence-corrected chi connectivity index (χ4v) is 5.47. The molecule has 17 heavy (non-hydrogen) atoms. The standard InChI is InChI=1S/C10H13.3CH3O.Ti/c1-10(2,3)9-7-5-4-6-8-9;3*1-2;/h4-8H,1H2,2-3H3;3*1H3;/q;3*-1;+3. The minimum absolute atomic E-state index is 0.0106. The van der Waals surface area contributed by atoms with Gasteiger partial charge in [-0.2, -0.15) is 0 Å². The van der Waals surface area contributed by atoms with Crippen LogP contribution in [0, 0.1) is 0 Å². The molecule has 0 radical (unpaired) electrons. The average molecular weight is 274 g/mol. The normalized spacial score (nSPS) is 12.8. The summed E-state index contributed by atoms with van der Waals surface area (Å²) in [6.07, 6.45) is 0. The Morgan fingerprint density at radius 2 is 1.41 bits per heavy atom. The Morgan fingerprint density at radius 3 is 1.82 bits per heavy atom. The van der Waals surface area contributed by atoms with Crippen LogP contribution in [0.4, 0.5) is 0 Å². The first kappa shape index (κ1) is 14.9. The molecule has 3 nitrogen and oxygen atoms in total. The third kappa shape index (κ3) is 3.63. The van der Waals surface area contributed by atoms with Crippen LogP contribution in [0.2, 0.25) is 4.73 Å². The molecule has 1 rings (SSSR count). The van der Waals surface area contributed by atoms with E-state index in [1.54, 1.807) is 21.3 Å². The Morgan fingerprint density at radius 1 is 0.941 bits per heavy atom. The summed E-state index contributed by atoms with van der Waals surface area (Å²) in [5, 5.41) is 0. The third-order valence-corrected chi connectivity index (χ3v) is 8.12. The van der Waals surface area contributed by atoms with Crippen LogP contribution in [-0.2, 0) is 33.1 Å². The molecular weight excluding hydrogens is 252 g/mol. The molecule has 0 heterocycles. The summed E-state index contributed by atoms with van der Waals surface area (Å²) in [4.78, 5) is 0. The molecular formula is C13H22O3Ti. The summed E-state index contributed by atoms with van der Waals surface area (Å²) in [6.45, 7) is 4.39. The Hall–Kier alpha value is -0.186. The van der Waals surface area contributed by atoms with Gasteiger partial charge >= 0.3 is 109 Å². The first-order valence-corrected chi connectivity index (χ1v) is 8.72. The Balaban J connectivity index is 2.92. The molecule has 1 aromatic rings. The van der Waals surface area contributed by atoms with Crippen molar-refractivity contribution in [2.45, 2.75) is 24.0 Å². The second-order valence-electron chi connectivity index (χ2n) is 4.72. The first-order chi connectivity index (χ1) is 7.99. The average Bonchev–Trinajstić information content (AvgIpc) is 2.37. The van der Waals surface area contributed by atoms with E-state index in [-0.39, 0.29) is 5.41 Å². The Labute approximate surface area is 109 Å². The van der Waals surface area contributed by atoms with Gasteiger partial charge in [-0.25, -0.2) is 0 Å². The number of rotatable bonds is 6. The topological polar surface area (TPSA) is 27.7 Å². The monoisotopic (exact) mass is 274 g/mol. The quantitative estimate of drug-likeness (QED) is 0.745. The summed E-state index contributed by atoms with van der Waals surface area (Å²) in [5.74, 6) is 0. The van der Waals surface area contributed by atoms with Crippen molar-refractivity contribution in [1.29, 1.82) is 0 Å². The van der Waals surface area contributed by atoms with Crippen LogP contribution < -0.4 is 0 Å². The summed E-state index contributed by atoms with van der Waals surface area (Å²) in [6, 6.07) is 10.4. The van der Waals surface area contributed by atoms with Gasteiger partial charge in [0.15, 0.2) is 0 Å². The summed E-state index contributed by atoms with van der Waals surface area (Å²) < 4.78 is 17.4. The third-order valence-electron chi connectivity index (χ3n) is 3.15. The molecule has 4 heteroatoms. The zero-order chi connectivity index (χ0) is 12.9. The molecule has 0 bridgehead atoms. The molecule has 0 spiro atoms. The molecule has 0 amide bonds. The van der Waals surface area contributed by atoms with Crippen LogP contribution in [0.15, 0.2) is 30.3 Å². The van der Waals surface area contributed by atoms with Gasteiger partial charge in [0.2, 0.25) is 0 Å². The van der Waals surface area contributed by atoms with Gasteiger partial charge in [0.05, 0.1) is 0 Å². The van der Waals surface area contributed by atoms with Crippen LogP contribution in [0.3, 0.4) is 0 Å². The van der Waals surface area contributed by atoms with Crippen molar-refractivity contribution in [3.63, 3.8) is 0 Å². The molecule has 0 aromatic heterocycles. The molecule has 0 aliphatic carbocycles. The zero-order valence-electron chi connectivity index (χ0n) is 11.3. The molecule has 0 N–H and O–H groups in total. The van der Waals surface area contributed by atoms with Gasteiger partial charge in [0.25, 0.3) is 0 Å². The predicted molar refractivity (Wildman–Crippen MR) is 65.3 cm³/mol. The molecule has 0 aliphatic rings. The second kappa shape index (κ2) is 6.12. The number of hydrogen-bond acceptors (Lipinski definition) is 3. The zero-order valence-corrected chi connectivity index (χ0v) is 12.9. The second-order valence-corrected chi connectivity index (χ2v) is 9.32. The van der Waals surface area contributed by atoms with E-state index in [1.165, 1.54) is 5.56 Å². The van der Waals surface area contributed by atoms with Crippen LogP contribution in [0.1, 0.15) is 19.4 Å². The minimum atomic E-state index is -3.08. The maximum atomic E-state index is 5.54. The molecule has 0 aliphatic heterocycles. The van der Waals surface area contributed by atoms with E-state index in [2.05, 4.69) is 38.1 Å². The van der Waals surface area contributed by atoms with Gasteiger partial charge in [0, 0.05) is 0 Å². The van der Waals surface area contributed by atoms with Gasteiger partial charge in [0.1, 0.15) is 0 Å². The summed E-state index contributed by atoms with van der Waals surface area (Å²) in [5.41, 5.74) is 1.27. The van der Waals surface area contributed by atoms with Gasteiger partial charge < -0.3 is 0 Å². The summed E-state index contributed by atoms with van der Waals surface area (Å²) in [7, 11) is 5.02. The molecule has 1 aromatic carbocycles. The van der Waals surface area contributed by atoms with Gasteiger partial charge in [-0.15, -0.1) is 0 Å². The van der Waals surface area contributed by atoms with E-state index in [9.17, 15) is 0 Å². The van der Waals surface area contributed by atoms with Crippen molar-refractivity contribution in [1.82, 2.24) is 0 Å². The maximum absolute atomic E-state index is 5.54. The molecule has 96 valence electrons. The van der Waals surface area contributed by atoms with E-state index in [0.717, 1.165) is 4.73 Å². The number of benzene rings is 1. The van der Waals surface area contributed by atoms with E-state index >= 15 is 0 Å². The SMILES string of the molecule is C[O][Ti]([CH2]C(C)(C)c1ccccc1)([O]C)[O]C. The van der Waals surface area contributed by atoms with Crippen LogP contribution >= 0.6 is 0 Å². The van der Waals surface area contributed by atoms with Gasteiger partial charge in [-0.05, 0) is 0 Å². The van der Waals surface area contributed by atoms with Crippen molar-refractivity contribution >= 4 is 0 Å². The van der Waals surface area contributed by atoms with Crippen molar-refractivity contribution in [3.05, 3.63) is 35.9 Å². The van der Waals surface area contributed by atoms with Gasteiger partial charge in [-0.3, -0.25) is 0 Å². The van der Waals surface area contributed by atoms with Crippen molar-refractivity contribution in [2.24, 2.45) is 0 Å². The van der Waals surface area contributed by atoms with E-state index in [0.29, 0.717) is 0 Å². The van der Waals surface area contributed by atoms with Gasteiger partial charge in [-0.1, -0.05) is 0 Å². The van der Waals surface area contributed by atoms with E-state index in [4.69, 9.17) is 9.96 Å². The van der Waals surface area contributed by atoms with Crippen molar-refractivity contribution < 1.29 is 27.7 Å². The fraction of sp³-hybridized carbons (Fsp3) is 0.538. The molecule has 0 atom stereocenters.